The third-order valence-corrected chi connectivity index (χ3v) is 3.62. The van der Waals surface area contributed by atoms with Gasteiger partial charge in [0.15, 0.2) is 0 Å². The summed E-state index contributed by atoms with van der Waals surface area (Å²) in [6, 6.07) is 6.53. The van der Waals surface area contributed by atoms with E-state index in [0.29, 0.717) is 0 Å². The third-order valence-electron chi connectivity index (χ3n) is 2.95. The van der Waals surface area contributed by atoms with E-state index >= 15 is 0 Å². The first-order valence-electron chi connectivity index (χ1n) is 5.92. The van der Waals surface area contributed by atoms with E-state index in [0.717, 1.165) is 24.9 Å². The van der Waals surface area contributed by atoms with Crippen LogP contribution in [0.2, 0.25) is 0 Å². The average Bonchev–Trinajstić information content (AvgIpc) is 2.40. The van der Waals surface area contributed by atoms with Crippen molar-refractivity contribution in [3.05, 3.63) is 21.8 Å². The van der Waals surface area contributed by atoms with Crippen LogP contribution in [0.3, 0.4) is 0 Å². The van der Waals surface area contributed by atoms with Crippen molar-refractivity contribution >= 4 is 34.0 Å². The van der Waals surface area contributed by atoms with Crippen LogP contribution in [0.1, 0.15) is 20.3 Å². The quantitative estimate of drug-likeness (QED) is 0.806. The number of hydrogen-bond donors (Lipinski definition) is 2. The summed E-state index contributed by atoms with van der Waals surface area (Å²) in [6.45, 7) is 6.75. The zero-order chi connectivity index (χ0) is 11.5. The van der Waals surface area contributed by atoms with Crippen LogP contribution in [0.15, 0.2) is 18.2 Å². The van der Waals surface area contributed by atoms with Gasteiger partial charge in [-0.25, -0.2) is 0 Å². The second-order valence-corrected chi connectivity index (χ2v) is 6.19. The molecule has 0 spiro atoms. The molecule has 1 aliphatic heterocycles. The fourth-order valence-corrected chi connectivity index (χ4v) is 2.72. The van der Waals surface area contributed by atoms with Gasteiger partial charge in [0.25, 0.3) is 0 Å². The van der Waals surface area contributed by atoms with Crippen molar-refractivity contribution in [1.29, 1.82) is 0 Å². The predicted octanol–water partition coefficient (Wildman–Crippen LogP) is 3.79. The van der Waals surface area contributed by atoms with Crippen molar-refractivity contribution in [1.82, 2.24) is 0 Å². The summed E-state index contributed by atoms with van der Waals surface area (Å²) < 4.78 is 1.29. The van der Waals surface area contributed by atoms with Gasteiger partial charge in [-0.1, -0.05) is 13.8 Å². The highest BCUT2D eigenvalue weighted by Crippen LogP contribution is 2.28. The molecule has 16 heavy (non-hydrogen) atoms. The molecular weight excluding hydrogens is 311 g/mol. The van der Waals surface area contributed by atoms with Crippen molar-refractivity contribution in [3.63, 3.8) is 0 Å². The highest BCUT2D eigenvalue weighted by Gasteiger charge is 2.16. The Kier molecular flexibility index (Phi) is 3.95. The van der Waals surface area contributed by atoms with Gasteiger partial charge in [-0.2, -0.15) is 0 Å². The molecule has 2 rings (SSSR count). The molecule has 0 saturated carbocycles. The molecule has 3 heteroatoms. The van der Waals surface area contributed by atoms with Crippen molar-refractivity contribution in [2.45, 2.75) is 20.3 Å². The minimum absolute atomic E-state index is 0.727. The fraction of sp³-hybridized carbons (Fsp3) is 0.538. The molecule has 1 aromatic rings. The van der Waals surface area contributed by atoms with Gasteiger partial charge >= 0.3 is 0 Å². The summed E-state index contributed by atoms with van der Waals surface area (Å²) in [4.78, 5) is 0. The lowest BCUT2D eigenvalue weighted by molar-refractivity contribution is 0.444. The van der Waals surface area contributed by atoms with Gasteiger partial charge in [0.2, 0.25) is 0 Å². The molecule has 1 heterocycles. The van der Waals surface area contributed by atoms with Crippen LogP contribution in [-0.4, -0.2) is 13.1 Å². The summed E-state index contributed by atoms with van der Waals surface area (Å²) in [7, 11) is 0. The molecule has 0 aliphatic carbocycles. The smallest absolute Gasteiger partial charge is 0.0586 e. The first kappa shape index (κ1) is 12.0. The van der Waals surface area contributed by atoms with Crippen LogP contribution >= 0.6 is 22.6 Å². The average molecular weight is 330 g/mol. The molecule has 0 bridgehead atoms. The molecule has 1 atom stereocenters. The van der Waals surface area contributed by atoms with Gasteiger partial charge in [0.05, 0.1) is 11.4 Å². The Morgan fingerprint density at radius 1 is 1.25 bits per heavy atom. The number of nitrogens with one attached hydrogen (secondary N) is 2. The van der Waals surface area contributed by atoms with Crippen molar-refractivity contribution in [2.75, 3.05) is 23.7 Å². The lowest BCUT2D eigenvalue weighted by Gasteiger charge is -2.16. The Labute approximate surface area is 111 Å². The maximum absolute atomic E-state index is 3.55. The number of anilines is 2. The maximum Gasteiger partial charge on any atom is 0.0586 e. The van der Waals surface area contributed by atoms with E-state index in [-0.39, 0.29) is 0 Å². The maximum atomic E-state index is 3.55. The van der Waals surface area contributed by atoms with Crippen LogP contribution in [0.4, 0.5) is 11.4 Å². The van der Waals surface area contributed by atoms with Crippen molar-refractivity contribution in [2.24, 2.45) is 11.8 Å². The first-order chi connectivity index (χ1) is 7.65. The number of halogens is 1. The lowest BCUT2D eigenvalue weighted by Crippen LogP contribution is -2.20. The Morgan fingerprint density at radius 2 is 1.94 bits per heavy atom. The molecule has 2 N–H and O–H groups in total. The monoisotopic (exact) mass is 330 g/mol. The SMILES string of the molecule is CC(C)CC1CNc2ccc(I)cc2NC1. The van der Waals surface area contributed by atoms with Crippen molar-refractivity contribution in [3.8, 4) is 0 Å². The van der Waals surface area contributed by atoms with Crippen LogP contribution < -0.4 is 10.6 Å². The summed E-state index contributed by atoms with van der Waals surface area (Å²) >= 11 is 2.36. The predicted molar refractivity (Wildman–Crippen MR) is 79.1 cm³/mol. The van der Waals surface area contributed by atoms with E-state index in [9.17, 15) is 0 Å². The second kappa shape index (κ2) is 5.25. The summed E-state index contributed by atoms with van der Waals surface area (Å²) in [5, 5.41) is 7.10. The molecule has 0 aromatic heterocycles. The molecule has 0 fully saturated rings. The normalized spacial score (nSPS) is 19.6. The molecule has 2 nitrogen and oxygen atoms in total. The summed E-state index contributed by atoms with van der Waals surface area (Å²) in [5.74, 6) is 1.50. The van der Waals surface area contributed by atoms with E-state index in [1.54, 1.807) is 0 Å². The van der Waals surface area contributed by atoms with E-state index in [1.807, 2.05) is 0 Å². The zero-order valence-corrected chi connectivity index (χ0v) is 12.0. The van der Waals surface area contributed by atoms with E-state index in [2.05, 4.69) is 65.3 Å². The molecule has 0 amide bonds. The Morgan fingerprint density at radius 3 is 2.62 bits per heavy atom. The highest BCUT2D eigenvalue weighted by molar-refractivity contribution is 14.1. The number of fused-ring (bicyclic) bond motifs is 1. The van der Waals surface area contributed by atoms with Gasteiger partial charge in [-0.3, -0.25) is 0 Å². The van der Waals surface area contributed by atoms with Gasteiger partial charge in [-0.15, -0.1) is 0 Å². The highest BCUT2D eigenvalue weighted by atomic mass is 127. The van der Waals surface area contributed by atoms with Gasteiger partial charge < -0.3 is 10.6 Å². The molecular formula is C13H19IN2. The molecule has 1 aromatic carbocycles. The molecule has 1 aliphatic rings. The van der Waals surface area contributed by atoms with Crippen molar-refractivity contribution < 1.29 is 0 Å². The summed E-state index contributed by atoms with van der Waals surface area (Å²) in [5.41, 5.74) is 2.49. The second-order valence-electron chi connectivity index (χ2n) is 4.95. The molecule has 1 unspecified atom stereocenters. The molecule has 0 radical (unpaired) electrons. The van der Waals surface area contributed by atoms with Crippen LogP contribution in [0.5, 0.6) is 0 Å². The fourth-order valence-electron chi connectivity index (χ4n) is 2.23. The summed E-state index contributed by atoms with van der Waals surface area (Å²) in [6.07, 6.45) is 1.28. The first-order valence-corrected chi connectivity index (χ1v) is 7.00. The minimum atomic E-state index is 0.727. The Hall–Kier alpha value is -0.450. The number of rotatable bonds is 2. The van der Waals surface area contributed by atoms with E-state index < -0.39 is 0 Å². The van der Waals surface area contributed by atoms with Crippen LogP contribution in [-0.2, 0) is 0 Å². The van der Waals surface area contributed by atoms with Gasteiger partial charge in [0, 0.05) is 16.7 Å². The third kappa shape index (κ3) is 3.03. The molecule has 88 valence electrons. The Balaban J connectivity index is 2.07. The standard InChI is InChI=1S/C13H19IN2/c1-9(2)5-10-7-15-12-4-3-11(14)6-13(12)16-8-10/h3-4,6,9-10,15-16H,5,7-8H2,1-2H3. The zero-order valence-electron chi connectivity index (χ0n) is 9.89. The number of benzene rings is 1. The lowest BCUT2D eigenvalue weighted by atomic mass is 9.97. The van der Waals surface area contributed by atoms with Crippen LogP contribution in [0.25, 0.3) is 0 Å². The van der Waals surface area contributed by atoms with E-state index in [1.165, 1.54) is 21.4 Å². The molecule has 0 saturated heterocycles. The topological polar surface area (TPSA) is 24.1 Å². The van der Waals surface area contributed by atoms with E-state index in [4.69, 9.17) is 0 Å². The van der Waals surface area contributed by atoms with Crippen LogP contribution in [0, 0.1) is 15.4 Å². The number of hydrogen-bond acceptors (Lipinski definition) is 2. The largest absolute Gasteiger partial charge is 0.383 e. The Bertz CT molecular complexity index is 363. The van der Waals surface area contributed by atoms with Gasteiger partial charge in [0.1, 0.15) is 0 Å². The minimum Gasteiger partial charge on any atom is -0.383 e. The van der Waals surface area contributed by atoms with Gasteiger partial charge in [-0.05, 0) is 59.0 Å².